The minimum absolute atomic E-state index is 0.0398. The number of ether oxygens (including phenoxy) is 2. The van der Waals surface area contributed by atoms with Crippen molar-refractivity contribution < 1.29 is 18.9 Å². The number of methoxy groups -OCH3 is 2. The van der Waals surface area contributed by atoms with Crippen LogP contribution in [0.1, 0.15) is 28.7 Å². The lowest BCUT2D eigenvalue weighted by atomic mass is 10.2. The zero-order valence-corrected chi connectivity index (χ0v) is 15.4. The van der Waals surface area contributed by atoms with E-state index in [2.05, 4.69) is 35.8 Å². The van der Waals surface area contributed by atoms with Crippen LogP contribution in [-0.4, -0.2) is 51.6 Å². The Balaban J connectivity index is 1.76. The van der Waals surface area contributed by atoms with Crippen LogP contribution in [0.15, 0.2) is 27.9 Å². The van der Waals surface area contributed by atoms with Gasteiger partial charge < -0.3 is 15.2 Å². The standard InChI is InChI=1S/C16H18N8O4/c1-4-10-13(19-23-24(10)15-14(17)21-28-22-15)16(25)20-18-8-9-5-6-11(26-2)12(7-9)27-3/h5-8H,4H2,1-3H3,(H2,17,21)(H,20,25). The largest absolute Gasteiger partial charge is 0.493 e. The Morgan fingerprint density at radius 2 is 2.11 bits per heavy atom. The van der Waals surface area contributed by atoms with E-state index in [-0.39, 0.29) is 17.3 Å². The lowest BCUT2D eigenvalue weighted by Crippen LogP contribution is -2.20. The predicted molar refractivity (Wildman–Crippen MR) is 97.6 cm³/mol. The Bertz CT molecular complexity index is 1010. The van der Waals surface area contributed by atoms with Crippen LogP contribution in [0, 0.1) is 0 Å². The Labute approximate surface area is 159 Å². The lowest BCUT2D eigenvalue weighted by Gasteiger charge is -2.07. The highest BCUT2D eigenvalue weighted by molar-refractivity contribution is 5.94. The molecule has 0 bridgehead atoms. The Morgan fingerprint density at radius 1 is 1.32 bits per heavy atom. The summed E-state index contributed by atoms with van der Waals surface area (Å²) in [6.45, 7) is 1.84. The molecule has 0 atom stereocenters. The molecule has 0 saturated heterocycles. The highest BCUT2D eigenvalue weighted by Gasteiger charge is 2.22. The number of nitrogens with one attached hydrogen (secondary N) is 1. The van der Waals surface area contributed by atoms with E-state index < -0.39 is 5.91 Å². The van der Waals surface area contributed by atoms with E-state index in [0.29, 0.717) is 29.2 Å². The molecule has 2 heterocycles. The van der Waals surface area contributed by atoms with Crippen LogP contribution in [-0.2, 0) is 6.42 Å². The number of hydrogen-bond acceptors (Lipinski definition) is 10. The van der Waals surface area contributed by atoms with E-state index in [1.165, 1.54) is 18.0 Å². The number of carbonyl (C=O) groups excluding carboxylic acids is 1. The summed E-state index contributed by atoms with van der Waals surface area (Å²) in [5, 5.41) is 18.9. The summed E-state index contributed by atoms with van der Waals surface area (Å²) in [6.07, 6.45) is 1.91. The van der Waals surface area contributed by atoms with Crippen molar-refractivity contribution in [2.24, 2.45) is 5.10 Å². The second-order valence-corrected chi connectivity index (χ2v) is 5.44. The normalized spacial score (nSPS) is 11.0. The number of hydrogen-bond donors (Lipinski definition) is 2. The van der Waals surface area contributed by atoms with E-state index >= 15 is 0 Å². The molecule has 0 unspecified atom stereocenters. The number of amides is 1. The molecule has 0 spiro atoms. The van der Waals surface area contributed by atoms with Crippen LogP contribution < -0.4 is 20.6 Å². The van der Waals surface area contributed by atoms with E-state index in [1.807, 2.05) is 6.92 Å². The first-order valence-electron chi connectivity index (χ1n) is 8.17. The number of benzene rings is 1. The van der Waals surface area contributed by atoms with Gasteiger partial charge in [-0.3, -0.25) is 4.79 Å². The molecule has 12 nitrogen and oxygen atoms in total. The molecule has 28 heavy (non-hydrogen) atoms. The zero-order chi connectivity index (χ0) is 20.1. The molecule has 146 valence electrons. The first-order chi connectivity index (χ1) is 13.6. The quantitative estimate of drug-likeness (QED) is 0.438. The highest BCUT2D eigenvalue weighted by atomic mass is 16.6. The van der Waals surface area contributed by atoms with Crippen LogP contribution in [0.2, 0.25) is 0 Å². The molecular formula is C16H18N8O4. The van der Waals surface area contributed by atoms with Crippen LogP contribution in [0.25, 0.3) is 5.82 Å². The Hall–Kier alpha value is -3.96. The second kappa shape index (κ2) is 8.16. The number of nitrogen functional groups attached to an aromatic ring is 1. The van der Waals surface area contributed by atoms with Crippen LogP contribution in [0.4, 0.5) is 5.82 Å². The molecule has 0 saturated carbocycles. The highest BCUT2D eigenvalue weighted by Crippen LogP contribution is 2.26. The van der Waals surface area contributed by atoms with E-state index in [9.17, 15) is 4.79 Å². The molecule has 12 heteroatoms. The van der Waals surface area contributed by atoms with Gasteiger partial charge in [-0.2, -0.15) is 9.78 Å². The predicted octanol–water partition coefficient (Wildman–Crippen LogP) is 0.576. The van der Waals surface area contributed by atoms with Crippen molar-refractivity contribution in [2.75, 3.05) is 20.0 Å². The lowest BCUT2D eigenvalue weighted by molar-refractivity contribution is 0.0949. The van der Waals surface area contributed by atoms with Gasteiger partial charge in [0, 0.05) is 0 Å². The fourth-order valence-corrected chi connectivity index (χ4v) is 2.45. The molecule has 1 amide bonds. The fourth-order valence-electron chi connectivity index (χ4n) is 2.45. The summed E-state index contributed by atoms with van der Waals surface area (Å²) < 4.78 is 16.3. The first kappa shape index (κ1) is 18.8. The fraction of sp³-hybridized carbons (Fsp3) is 0.250. The van der Waals surface area contributed by atoms with Gasteiger partial charge in [-0.25, -0.2) is 10.1 Å². The number of anilines is 1. The molecule has 0 fully saturated rings. The van der Waals surface area contributed by atoms with Crippen molar-refractivity contribution in [3.8, 4) is 17.3 Å². The van der Waals surface area contributed by atoms with Crippen molar-refractivity contribution in [2.45, 2.75) is 13.3 Å². The van der Waals surface area contributed by atoms with Gasteiger partial charge >= 0.3 is 0 Å². The Kier molecular flexibility index (Phi) is 5.48. The van der Waals surface area contributed by atoms with Crippen molar-refractivity contribution in [3.63, 3.8) is 0 Å². The van der Waals surface area contributed by atoms with Crippen molar-refractivity contribution in [3.05, 3.63) is 35.2 Å². The zero-order valence-electron chi connectivity index (χ0n) is 15.4. The van der Waals surface area contributed by atoms with Gasteiger partial charge in [0.25, 0.3) is 5.91 Å². The maximum Gasteiger partial charge on any atom is 0.293 e. The van der Waals surface area contributed by atoms with Crippen LogP contribution in [0.3, 0.4) is 0 Å². The summed E-state index contributed by atoms with van der Waals surface area (Å²) in [4.78, 5) is 12.4. The van der Waals surface area contributed by atoms with Crippen molar-refractivity contribution in [1.82, 2.24) is 30.7 Å². The number of nitrogens with zero attached hydrogens (tertiary/aromatic N) is 6. The molecule has 1 aromatic carbocycles. The summed E-state index contributed by atoms with van der Waals surface area (Å²) in [6, 6.07) is 5.23. The topological polar surface area (TPSA) is 156 Å². The van der Waals surface area contributed by atoms with Gasteiger partial charge in [0.2, 0.25) is 11.6 Å². The number of hydrazone groups is 1. The third-order valence-electron chi connectivity index (χ3n) is 3.80. The molecule has 3 aromatic rings. The maximum absolute atomic E-state index is 12.4. The number of carbonyl (C=O) groups is 1. The van der Waals surface area contributed by atoms with Gasteiger partial charge in [0.1, 0.15) is 0 Å². The molecule has 0 aliphatic rings. The van der Waals surface area contributed by atoms with Gasteiger partial charge in [-0.05, 0) is 40.5 Å². The first-order valence-corrected chi connectivity index (χ1v) is 8.17. The SMILES string of the molecule is CCc1c(C(=O)NN=Cc2ccc(OC)c(OC)c2)nnn1-c1nonc1N. The monoisotopic (exact) mass is 386 g/mol. The summed E-state index contributed by atoms with van der Waals surface area (Å²) in [7, 11) is 3.08. The van der Waals surface area contributed by atoms with Crippen LogP contribution >= 0.6 is 0 Å². The second-order valence-electron chi connectivity index (χ2n) is 5.44. The van der Waals surface area contributed by atoms with E-state index in [4.69, 9.17) is 15.2 Å². The number of nitrogens with two attached hydrogens (primary N) is 1. The molecule has 2 aromatic heterocycles. The van der Waals surface area contributed by atoms with E-state index in [1.54, 1.807) is 25.3 Å². The van der Waals surface area contributed by atoms with Gasteiger partial charge in [-0.1, -0.05) is 12.1 Å². The molecule has 0 aliphatic heterocycles. The van der Waals surface area contributed by atoms with Crippen LogP contribution in [0.5, 0.6) is 11.5 Å². The van der Waals surface area contributed by atoms with Gasteiger partial charge in [0.05, 0.1) is 26.1 Å². The Morgan fingerprint density at radius 3 is 2.75 bits per heavy atom. The minimum atomic E-state index is -0.533. The third-order valence-corrected chi connectivity index (χ3v) is 3.80. The average Bonchev–Trinajstić information content (AvgIpc) is 3.32. The smallest absolute Gasteiger partial charge is 0.293 e. The molecule has 3 N–H and O–H groups in total. The summed E-state index contributed by atoms with van der Waals surface area (Å²) in [5.74, 6) is 0.812. The molecule has 0 radical (unpaired) electrons. The summed E-state index contributed by atoms with van der Waals surface area (Å²) in [5.41, 5.74) is 9.37. The minimum Gasteiger partial charge on any atom is -0.493 e. The van der Waals surface area contributed by atoms with E-state index in [0.717, 1.165) is 0 Å². The number of rotatable bonds is 7. The van der Waals surface area contributed by atoms with Crippen molar-refractivity contribution >= 4 is 17.9 Å². The van der Waals surface area contributed by atoms with Gasteiger partial charge in [0.15, 0.2) is 17.2 Å². The van der Waals surface area contributed by atoms with Crippen molar-refractivity contribution in [1.29, 1.82) is 0 Å². The number of aromatic nitrogens is 5. The summed E-state index contributed by atoms with van der Waals surface area (Å²) >= 11 is 0. The maximum atomic E-state index is 12.4. The third kappa shape index (κ3) is 3.60. The molecular weight excluding hydrogens is 368 g/mol. The molecule has 0 aliphatic carbocycles. The molecule has 3 rings (SSSR count). The van der Waals surface area contributed by atoms with Gasteiger partial charge in [-0.15, -0.1) is 5.10 Å². The average molecular weight is 386 g/mol.